The maximum atomic E-state index is 13.9. The van der Waals surface area contributed by atoms with Crippen molar-refractivity contribution >= 4 is 17.5 Å². The summed E-state index contributed by atoms with van der Waals surface area (Å²) in [5.41, 5.74) is -0.639. The lowest BCUT2D eigenvalue weighted by atomic mass is 9.61. The van der Waals surface area contributed by atoms with Crippen LogP contribution in [-0.2, 0) is 11.2 Å². The topological polar surface area (TPSA) is 162 Å². The van der Waals surface area contributed by atoms with Crippen LogP contribution in [0.25, 0.3) is 0 Å². The number of aliphatic hydroxyl groups excluding tert-OH is 2. The molecule has 39 heavy (non-hydrogen) atoms. The van der Waals surface area contributed by atoms with Crippen LogP contribution in [0, 0.1) is 12.3 Å². The quantitative estimate of drug-likeness (QED) is 0.171. The summed E-state index contributed by atoms with van der Waals surface area (Å²) < 4.78 is 5.77. The number of rotatable bonds is 0. The molecule has 0 saturated heterocycles. The molecule has 9 nitrogen and oxygen atoms in total. The van der Waals surface area contributed by atoms with Crippen molar-refractivity contribution in [2.24, 2.45) is 5.41 Å². The van der Waals surface area contributed by atoms with Crippen LogP contribution < -0.4 is 0 Å². The lowest BCUT2D eigenvalue weighted by Gasteiger charge is -2.46. The van der Waals surface area contributed by atoms with E-state index in [2.05, 4.69) is 0 Å². The molecule has 0 fully saturated rings. The standard InChI is InChI=1S/C30H22O9/c1-11-7-14-22(18(33)8-11)29(38)39-28-17(32)6-5-15-20-12(10-30(15,28)27(14)37)9-19(34)23-24(20)25(35)13-3-2-4-16(31)21(13)26(23)36/h2-9,15,17,27-28,31-34,37H,10H2,1H3/t15-,17-,27+,28?,30?/m1/s1. The molecule has 0 aromatic heterocycles. The Morgan fingerprint density at radius 2 is 1.59 bits per heavy atom. The first-order valence-corrected chi connectivity index (χ1v) is 12.4. The first-order chi connectivity index (χ1) is 18.6. The molecule has 9 heteroatoms. The Morgan fingerprint density at radius 3 is 2.36 bits per heavy atom. The third-order valence-electron chi connectivity index (χ3n) is 8.66. The normalized spacial score (nSPS) is 27.9. The van der Waals surface area contributed by atoms with Crippen molar-refractivity contribution < 1.29 is 44.7 Å². The van der Waals surface area contributed by atoms with Crippen LogP contribution in [0.15, 0.2) is 48.6 Å². The second-order valence-corrected chi connectivity index (χ2v) is 10.7. The summed E-state index contributed by atoms with van der Waals surface area (Å²) in [6.07, 6.45) is -1.02. The summed E-state index contributed by atoms with van der Waals surface area (Å²) in [6.45, 7) is 1.69. The highest BCUT2D eigenvalue weighted by atomic mass is 16.6. The first-order valence-electron chi connectivity index (χ1n) is 12.4. The fourth-order valence-electron chi connectivity index (χ4n) is 7.14. The van der Waals surface area contributed by atoms with Gasteiger partial charge in [0.15, 0.2) is 5.78 Å². The van der Waals surface area contributed by atoms with Gasteiger partial charge in [-0.1, -0.05) is 30.4 Å². The number of ketones is 2. The molecule has 0 radical (unpaired) electrons. The number of carbonyl (C=O) groups excluding carboxylic acids is 3. The van der Waals surface area contributed by atoms with E-state index in [4.69, 9.17) is 4.74 Å². The van der Waals surface area contributed by atoms with E-state index in [-0.39, 0.29) is 51.3 Å². The lowest BCUT2D eigenvalue weighted by Crippen LogP contribution is -2.52. The maximum absolute atomic E-state index is 13.9. The second kappa shape index (κ2) is 7.56. The van der Waals surface area contributed by atoms with Crippen molar-refractivity contribution in [2.75, 3.05) is 0 Å². The number of aliphatic hydroxyl groups is 2. The van der Waals surface area contributed by atoms with Gasteiger partial charge in [-0.15, -0.1) is 0 Å². The summed E-state index contributed by atoms with van der Waals surface area (Å²) >= 11 is 0. The summed E-state index contributed by atoms with van der Waals surface area (Å²) in [4.78, 5) is 40.6. The minimum Gasteiger partial charge on any atom is -0.507 e. The smallest absolute Gasteiger partial charge is 0.342 e. The minimum absolute atomic E-state index is 0.0170. The van der Waals surface area contributed by atoms with Gasteiger partial charge in [0.05, 0.1) is 22.6 Å². The van der Waals surface area contributed by atoms with Gasteiger partial charge in [0.25, 0.3) is 0 Å². The third-order valence-corrected chi connectivity index (χ3v) is 8.66. The molecule has 5 N–H and O–H groups in total. The summed E-state index contributed by atoms with van der Waals surface area (Å²) in [5.74, 6) is -4.23. The zero-order valence-corrected chi connectivity index (χ0v) is 20.5. The molecule has 1 aliphatic heterocycles. The Balaban J connectivity index is 1.51. The molecule has 0 bridgehead atoms. The number of allylic oxidation sites excluding steroid dienone is 1. The first kappa shape index (κ1) is 23.6. The van der Waals surface area contributed by atoms with E-state index in [1.807, 2.05) is 0 Å². The van der Waals surface area contributed by atoms with Crippen molar-refractivity contribution in [1.82, 2.24) is 0 Å². The molecule has 3 aromatic carbocycles. The van der Waals surface area contributed by atoms with Crippen LogP contribution in [0.5, 0.6) is 17.2 Å². The monoisotopic (exact) mass is 526 g/mol. The molecule has 196 valence electrons. The Labute approximate surface area is 221 Å². The highest BCUT2D eigenvalue weighted by Crippen LogP contribution is 2.63. The predicted octanol–water partition coefficient (Wildman–Crippen LogP) is 2.72. The Morgan fingerprint density at radius 1 is 0.846 bits per heavy atom. The summed E-state index contributed by atoms with van der Waals surface area (Å²) in [5, 5.41) is 55.0. The number of phenols is 3. The van der Waals surface area contributed by atoms with Gasteiger partial charge in [-0.25, -0.2) is 4.79 Å². The molecule has 5 atom stereocenters. The van der Waals surface area contributed by atoms with Gasteiger partial charge in [0, 0.05) is 17.0 Å². The Hall–Kier alpha value is -4.47. The molecule has 0 saturated carbocycles. The number of hydrogen-bond acceptors (Lipinski definition) is 9. The summed E-state index contributed by atoms with van der Waals surface area (Å²) in [6, 6.07) is 8.46. The van der Waals surface area contributed by atoms with Crippen LogP contribution in [0.2, 0.25) is 0 Å². The number of phenolic OH excluding ortho intramolecular Hbond substituents is 3. The van der Waals surface area contributed by atoms with E-state index in [9.17, 15) is 39.9 Å². The molecule has 7 rings (SSSR count). The third kappa shape index (κ3) is 2.78. The molecular formula is C30H22O9. The molecular weight excluding hydrogens is 504 g/mol. The largest absolute Gasteiger partial charge is 0.507 e. The molecule has 2 unspecified atom stereocenters. The average molecular weight is 526 g/mol. The SMILES string of the molecule is Cc1cc(O)c2c(c1)[C@H](O)C13Cc4cc(O)c5c(c4[C@H]1C=C[C@@H](O)C3OC2=O)C(=O)c1cccc(O)c1C5=O. The lowest BCUT2D eigenvalue weighted by molar-refractivity contribution is -0.119. The van der Waals surface area contributed by atoms with Gasteiger partial charge < -0.3 is 30.3 Å². The zero-order valence-electron chi connectivity index (χ0n) is 20.5. The number of benzene rings is 3. The highest BCUT2D eigenvalue weighted by Gasteiger charge is 2.63. The number of ether oxygens (including phenoxy) is 1. The van der Waals surface area contributed by atoms with Gasteiger partial charge in [-0.2, -0.15) is 0 Å². The zero-order chi connectivity index (χ0) is 27.5. The van der Waals surface area contributed by atoms with E-state index in [1.54, 1.807) is 19.1 Å². The van der Waals surface area contributed by atoms with Crippen LogP contribution in [0.4, 0.5) is 0 Å². The number of esters is 1. The predicted molar refractivity (Wildman–Crippen MR) is 134 cm³/mol. The fourth-order valence-corrected chi connectivity index (χ4v) is 7.14. The molecule has 3 aromatic rings. The number of aromatic hydroxyl groups is 3. The number of aryl methyl sites for hydroxylation is 1. The van der Waals surface area contributed by atoms with E-state index < -0.39 is 52.9 Å². The van der Waals surface area contributed by atoms with Crippen molar-refractivity contribution in [3.8, 4) is 17.2 Å². The van der Waals surface area contributed by atoms with Gasteiger partial charge in [-0.05, 0) is 53.8 Å². The molecule has 4 aliphatic rings. The van der Waals surface area contributed by atoms with Crippen molar-refractivity contribution in [3.05, 3.63) is 98.6 Å². The van der Waals surface area contributed by atoms with Crippen molar-refractivity contribution in [3.63, 3.8) is 0 Å². The van der Waals surface area contributed by atoms with E-state index in [0.717, 1.165) is 0 Å². The highest BCUT2D eigenvalue weighted by molar-refractivity contribution is 6.31. The molecule has 0 amide bonds. The van der Waals surface area contributed by atoms with Crippen LogP contribution in [0.3, 0.4) is 0 Å². The number of hydrogen-bond donors (Lipinski definition) is 5. The van der Waals surface area contributed by atoms with Crippen LogP contribution in [0.1, 0.15) is 76.5 Å². The molecule has 1 heterocycles. The van der Waals surface area contributed by atoms with Gasteiger partial charge in [-0.3, -0.25) is 9.59 Å². The average Bonchev–Trinajstić information content (AvgIpc) is 3.17. The second-order valence-electron chi connectivity index (χ2n) is 10.7. The minimum atomic E-state index is -1.45. The van der Waals surface area contributed by atoms with E-state index in [0.29, 0.717) is 16.7 Å². The van der Waals surface area contributed by atoms with Gasteiger partial charge >= 0.3 is 5.97 Å². The summed E-state index contributed by atoms with van der Waals surface area (Å²) in [7, 11) is 0. The van der Waals surface area contributed by atoms with Gasteiger partial charge in [0.2, 0.25) is 5.78 Å². The number of fused-ring (bicyclic) bond motifs is 6. The Kier molecular flexibility index (Phi) is 4.58. The Bertz CT molecular complexity index is 1720. The van der Waals surface area contributed by atoms with E-state index >= 15 is 0 Å². The van der Waals surface area contributed by atoms with Gasteiger partial charge in [0.1, 0.15) is 35.0 Å². The van der Waals surface area contributed by atoms with Crippen LogP contribution in [-0.4, -0.2) is 55.3 Å². The van der Waals surface area contributed by atoms with Crippen molar-refractivity contribution in [1.29, 1.82) is 0 Å². The molecule has 1 spiro atoms. The molecule has 3 aliphatic carbocycles. The van der Waals surface area contributed by atoms with E-state index in [1.165, 1.54) is 36.4 Å². The number of carbonyl (C=O) groups is 3. The van der Waals surface area contributed by atoms with Crippen molar-refractivity contribution in [2.45, 2.75) is 37.6 Å². The maximum Gasteiger partial charge on any atom is 0.342 e. The fraction of sp³-hybridized carbons (Fsp3) is 0.233. The van der Waals surface area contributed by atoms with Crippen LogP contribution >= 0.6 is 0 Å².